The summed E-state index contributed by atoms with van der Waals surface area (Å²) < 4.78 is 16.2. The largest absolute Gasteiger partial charge is 0.464 e. The van der Waals surface area contributed by atoms with Gasteiger partial charge in [-0.1, -0.05) is 0 Å². The first-order valence-electron chi connectivity index (χ1n) is 2.29. The number of halogens is 1. The third-order valence-corrected chi connectivity index (χ3v) is 0.711. The van der Waals surface area contributed by atoms with E-state index in [0.29, 0.717) is 0 Å². The fourth-order valence-corrected chi connectivity index (χ4v) is 0.251. The first-order chi connectivity index (χ1) is 4.09. The summed E-state index contributed by atoms with van der Waals surface area (Å²) in [5.74, 6) is -2.06. The zero-order valence-corrected chi connectivity index (χ0v) is 5.27. The van der Waals surface area contributed by atoms with E-state index in [9.17, 15) is 9.18 Å². The molecular weight excluding hydrogens is 125 g/mol. The molecule has 3 nitrogen and oxygen atoms in total. The number of methoxy groups -OCH3 is 1. The van der Waals surface area contributed by atoms with Gasteiger partial charge in [-0.15, -0.1) is 0 Å². The third kappa shape index (κ3) is 2.12. The molecule has 0 bridgehead atoms. The summed E-state index contributed by atoms with van der Waals surface area (Å²) in [7, 11) is 1.09. The summed E-state index contributed by atoms with van der Waals surface area (Å²) in [6.07, 6.45) is 0. The Hall–Kier alpha value is -1.06. The lowest BCUT2D eigenvalue weighted by atomic mass is 10.4. The summed E-state index contributed by atoms with van der Waals surface area (Å²) in [5, 5.41) is 0. The minimum Gasteiger partial charge on any atom is -0.464 e. The average molecular weight is 133 g/mol. The van der Waals surface area contributed by atoms with Crippen LogP contribution in [0, 0.1) is 0 Å². The van der Waals surface area contributed by atoms with E-state index in [2.05, 4.69) is 4.74 Å². The fraction of sp³-hybridized carbons (Fsp3) is 0.400. The molecule has 0 saturated heterocycles. The van der Waals surface area contributed by atoms with Crippen molar-refractivity contribution in [2.75, 3.05) is 7.11 Å². The van der Waals surface area contributed by atoms with E-state index in [-0.39, 0.29) is 5.70 Å². The van der Waals surface area contributed by atoms with Crippen LogP contribution >= 0.6 is 0 Å². The molecule has 0 aliphatic rings. The van der Waals surface area contributed by atoms with Crippen LogP contribution in [0.25, 0.3) is 0 Å². The van der Waals surface area contributed by atoms with Crippen molar-refractivity contribution in [1.29, 1.82) is 0 Å². The van der Waals surface area contributed by atoms with Crippen LogP contribution in [-0.2, 0) is 9.53 Å². The molecule has 0 atom stereocenters. The molecule has 0 fully saturated rings. The molecule has 0 aromatic carbocycles. The normalized spacial score (nSPS) is 12.3. The molecule has 0 heterocycles. The van der Waals surface area contributed by atoms with Gasteiger partial charge >= 0.3 is 5.97 Å². The summed E-state index contributed by atoms with van der Waals surface area (Å²) in [4.78, 5) is 10.2. The molecule has 0 aromatic rings. The highest BCUT2D eigenvalue weighted by molar-refractivity contribution is 5.86. The van der Waals surface area contributed by atoms with Crippen LogP contribution in [0.3, 0.4) is 0 Å². The van der Waals surface area contributed by atoms with E-state index in [1.165, 1.54) is 6.92 Å². The molecule has 0 aliphatic heterocycles. The number of carbonyl (C=O) groups excluding carboxylic acids is 1. The topological polar surface area (TPSA) is 52.3 Å². The smallest absolute Gasteiger partial charge is 0.368 e. The van der Waals surface area contributed by atoms with Crippen LogP contribution < -0.4 is 5.73 Å². The van der Waals surface area contributed by atoms with Gasteiger partial charge in [0.1, 0.15) is 0 Å². The highest BCUT2D eigenvalue weighted by atomic mass is 19.1. The van der Waals surface area contributed by atoms with E-state index >= 15 is 0 Å². The van der Waals surface area contributed by atoms with Crippen molar-refractivity contribution < 1.29 is 13.9 Å². The predicted octanol–water partition coefficient (Wildman–Crippen LogP) is 0.319. The average Bonchev–Trinajstić information content (AvgIpc) is 1.84. The van der Waals surface area contributed by atoms with Crippen LogP contribution in [0.15, 0.2) is 11.5 Å². The Kier molecular flexibility index (Phi) is 2.70. The summed E-state index contributed by atoms with van der Waals surface area (Å²) in [6, 6.07) is 0. The molecule has 0 aliphatic carbocycles. The van der Waals surface area contributed by atoms with Gasteiger partial charge in [0.2, 0.25) is 5.83 Å². The van der Waals surface area contributed by atoms with Crippen molar-refractivity contribution in [3.8, 4) is 0 Å². The summed E-state index contributed by atoms with van der Waals surface area (Å²) in [5.41, 5.74) is 4.75. The summed E-state index contributed by atoms with van der Waals surface area (Å²) >= 11 is 0. The number of ether oxygens (including phenoxy) is 1. The Bertz CT molecular complexity index is 149. The lowest BCUT2D eigenvalue weighted by Crippen LogP contribution is -2.06. The van der Waals surface area contributed by atoms with Gasteiger partial charge in [0, 0.05) is 5.70 Å². The molecule has 9 heavy (non-hydrogen) atoms. The quantitative estimate of drug-likeness (QED) is 0.414. The Morgan fingerprint density at radius 2 is 2.11 bits per heavy atom. The Morgan fingerprint density at radius 1 is 1.67 bits per heavy atom. The Balaban J connectivity index is 4.21. The van der Waals surface area contributed by atoms with E-state index in [4.69, 9.17) is 5.73 Å². The van der Waals surface area contributed by atoms with Crippen molar-refractivity contribution >= 4 is 5.97 Å². The third-order valence-electron chi connectivity index (χ3n) is 0.711. The minimum absolute atomic E-state index is 0.165. The SMILES string of the molecule is COC(=O)/C(F)=C(/C)N. The van der Waals surface area contributed by atoms with Crippen LogP contribution in [0.2, 0.25) is 0 Å². The van der Waals surface area contributed by atoms with E-state index in [1.54, 1.807) is 0 Å². The maximum atomic E-state index is 12.2. The van der Waals surface area contributed by atoms with Crippen molar-refractivity contribution in [2.24, 2.45) is 5.73 Å². The molecule has 0 rings (SSSR count). The van der Waals surface area contributed by atoms with Gasteiger partial charge in [0.05, 0.1) is 7.11 Å². The molecule has 0 aromatic heterocycles. The predicted molar refractivity (Wildman–Crippen MR) is 30.0 cm³/mol. The molecule has 2 N–H and O–H groups in total. The lowest BCUT2D eigenvalue weighted by molar-refractivity contribution is -0.137. The second-order valence-electron chi connectivity index (χ2n) is 1.49. The Morgan fingerprint density at radius 3 is 2.22 bits per heavy atom. The second kappa shape index (κ2) is 3.06. The molecule has 52 valence electrons. The van der Waals surface area contributed by atoms with Gasteiger partial charge in [-0.2, -0.15) is 4.39 Å². The van der Waals surface area contributed by atoms with E-state index in [1.807, 2.05) is 0 Å². The number of carbonyl (C=O) groups is 1. The molecule has 0 radical (unpaired) electrons. The zero-order valence-electron chi connectivity index (χ0n) is 5.27. The maximum absolute atomic E-state index is 12.2. The summed E-state index contributed by atoms with van der Waals surface area (Å²) in [6.45, 7) is 1.28. The number of hydrogen-bond donors (Lipinski definition) is 1. The van der Waals surface area contributed by atoms with Gasteiger partial charge < -0.3 is 10.5 Å². The van der Waals surface area contributed by atoms with Gasteiger partial charge in [-0.05, 0) is 6.92 Å². The number of allylic oxidation sites excluding steroid dienone is 1. The van der Waals surface area contributed by atoms with Crippen LogP contribution in [-0.4, -0.2) is 13.1 Å². The first kappa shape index (κ1) is 7.94. The van der Waals surface area contributed by atoms with Gasteiger partial charge in [0.25, 0.3) is 0 Å². The monoisotopic (exact) mass is 133 g/mol. The molecule has 0 amide bonds. The van der Waals surface area contributed by atoms with Gasteiger partial charge in [0.15, 0.2) is 0 Å². The van der Waals surface area contributed by atoms with Crippen molar-refractivity contribution in [1.82, 2.24) is 0 Å². The molecule has 0 spiro atoms. The molecular formula is C5H8FNO2. The lowest BCUT2D eigenvalue weighted by Gasteiger charge is -1.94. The standard InChI is InChI=1S/C5H8FNO2/c1-3(7)4(6)5(8)9-2/h7H2,1-2H3/b4-3+. The molecule has 4 heteroatoms. The van der Waals surface area contributed by atoms with E-state index < -0.39 is 11.8 Å². The van der Waals surface area contributed by atoms with Crippen LogP contribution in [0.1, 0.15) is 6.92 Å². The van der Waals surface area contributed by atoms with Crippen LogP contribution in [0.4, 0.5) is 4.39 Å². The zero-order chi connectivity index (χ0) is 7.44. The highest BCUT2D eigenvalue weighted by Crippen LogP contribution is 2.00. The highest BCUT2D eigenvalue weighted by Gasteiger charge is 2.09. The van der Waals surface area contributed by atoms with Gasteiger partial charge in [-0.25, -0.2) is 4.79 Å². The number of esters is 1. The second-order valence-corrected chi connectivity index (χ2v) is 1.49. The minimum atomic E-state index is -1.03. The number of nitrogens with two attached hydrogens (primary N) is 1. The number of rotatable bonds is 1. The van der Waals surface area contributed by atoms with Crippen LogP contribution in [0.5, 0.6) is 0 Å². The van der Waals surface area contributed by atoms with Crippen molar-refractivity contribution in [3.63, 3.8) is 0 Å². The molecule has 0 unspecified atom stereocenters. The molecule has 0 saturated carbocycles. The van der Waals surface area contributed by atoms with Crippen molar-refractivity contribution in [2.45, 2.75) is 6.92 Å². The van der Waals surface area contributed by atoms with Gasteiger partial charge in [-0.3, -0.25) is 0 Å². The van der Waals surface area contributed by atoms with Crippen molar-refractivity contribution in [3.05, 3.63) is 11.5 Å². The first-order valence-corrected chi connectivity index (χ1v) is 2.29. The fourth-order valence-electron chi connectivity index (χ4n) is 0.251. The Labute approximate surface area is 52.3 Å². The van der Waals surface area contributed by atoms with E-state index in [0.717, 1.165) is 7.11 Å². The maximum Gasteiger partial charge on any atom is 0.368 e. The number of hydrogen-bond acceptors (Lipinski definition) is 3.